The van der Waals surface area contributed by atoms with E-state index in [4.69, 9.17) is 0 Å². The molecule has 0 spiro atoms. The summed E-state index contributed by atoms with van der Waals surface area (Å²) in [6.07, 6.45) is 7.33. The van der Waals surface area contributed by atoms with Crippen molar-refractivity contribution in [2.75, 3.05) is 11.9 Å². The second kappa shape index (κ2) is 7.96. The van der Waals surface area contributed by atoms with Crippen LogP contribution in [0, 0.1) is 5.92 Å². The van der Waals surface area contributed by atoms with E-state index in [2.05, 4.69) is 27.8 Å². The lowest BCUT2D eigenvalue weighted by Gasteiger charge is -2.30. The van der Waals surface area contributed by atoms with Gasteiger partial charge in [-0.2, -0.15) is 0 Å². The first-order chi connectivity index (χ1) is 10.2. The molecule has 1 unspecified atom stereocenters. The molecule has 1 atom stereocenters. The number of aromatic nitrogens is 2. The first-order valence-corrected chi connectivity index (χ1v) is 8.13. The topological polar surface area (TPSA) is 66.9 Å². The maximum Gasteiger partial charge on any atom is 0.272 e. The molecule has 21 heavy (non-hydrogen) atoms. The Bertz CT molecular complexity index is 440. The lowest BCUT2D eigenvalue weighted by Crippen LogP contribution is -2.41. The van der Waals surface area contributed by atoms with Gasteiger partial charge in [0.05, 0.1) is 0 Å². The average Bonchev–Trinajstić information content (AvgIpc) is 2.54. The van der Waals surface area contributed by atoms with Gasteiger partial charge >= 0.3 is 0 Å². The van der Waals surface area contributed by atoms with E-state index in [1.165, 1.54) is 32.1 Å². The fourth-order valence-electron chi connectivity index (χ4n) is 3.06. The number of hydrogen-bond donors (Lipinski definition) is 2. The summed E-state index contributed by atoms with van der Waals surface area (Å²) in [6.45, 7) is 4.93. The normalized spacial score (nSPS) is 17.2. The Labute approximate surface area is 126 Å². The van der Waals surface area contributed by atoms with Crippen LogP contribution >= 0.6 is 0 Å². The Balaban J connectivity index is 1.94. The molecule has 1 aromatic rings. The van der Waals surface area contributed by atoms with Gasteiger partial charge in [0.2, 0.25) is 0 Å². The van der Waals surface area contributed by atoms with Gasteiger partial charge < -0.3 is 10.6 Å². The smallest absolute Gasteiger partial charge is 0.272 e. The standard InChI is InChI=1S/C16H26N4O/c1-3-13(12-8-6-5-7-9-12)18-16(21)14-10-11-15(17-4-2)20-19-14/h10-13H,3-9H2,1-2H3,(H,17,20)(H,18,21). The van der Waals surface area contributed by atoms with Gasteiger partial charge in [0.1, 0.15) is 5.82 Å². The van der Waals surface area contributed by atoms with E-state index >= 15 is 0 Å². The molecular weight excluding hydrogens is 264 g/mol. The van der Waals surface area contributed by atoms with Crippen LogP contribution in [0.25, 0.3) is 0 Å². The Morgan fingerprint density at radius 3 is 2.57 bits per heavy atom. The summed E-state index contributed by atoms with van der Waals surface area (Å²) in [5, 5.41) is 14.2. The number of carbonyl (C=O) groups is 1. The van der Waals surface area contributed by atoms with Crippen LogP contribution in [0.2, 0.25) is 0 Å². The van der Waals surface area contributed by atoms with E-state index < -0.39 is 0 Å². The summed E-state index contributed by atoms with van der Waals surface area (Å²) in [5.41, 5.74) is 0.394. The molecule has 0 aromatic carbocycles. The summed E-state index contributed by atoms with van der Waals surface area (Å²) in [4.78, 5) is 12.3. The van der Waals surface area contributed by atoms with Crippen LogP contribution < -0.4 is 10.6 Å². The van der Waals surface area contributed by atoms with Crippen molar-refractivity contribution in [1.82, 2.24) is 15.5 Å². The molecule has 1 amide bonds. The van der Waals surface area contributed by atoms with Crippen molar-refractivity contribution < 1.29 is 4.79 Å². The van der Waals surface area contributed by atoms with Crippen LogP contribution in [0.1, 0.15) is 62.9 Å². The van der Waals surface area contributed by atoms with Crippen molar-refractivity contribution in [2.45, 2.75) is 58.4 Å². The van der Waals surface area contributed by atoms with E-state index in [0.717, 1.165) is 13.0 Å². The number of nitrogens with one attached hydrogen (secondary N) is 2. The Hall–Kier alpha value is -1.65. The van der Waals surface area contributed by atoms with Crippen molar-refractivity contribution in [2.24, 2.45) is 5.92 Å². The maximum absolute atomic E-state index is 12.3. The SMILES string of the molecule is CCNc1ccc(C(=O)NC(CC)C2CCCCC2)nn1. The maximum atomic E-state index is 12.3. The molecule has 2 rings (SSSR count). The third-order valence-corrected chi connectivity index (χ3v) is 4.23. The van der Waals surface area contributed by atoms with Gasteiger partial charge in [0.25, 0.3) is 5.91 Å². The molecule has 1 saturated carbocycles. The minimum atomic E-state index is -0.108. The van der Waals surface area contributed by atoms with Crippen LogP contribution in [-0.4, -0.2) is 28.7 Å². The van der Waals surface area contributed by atoms with Crippen LogP contribution in [0.3, 0.4) is 0 Å². The van der Waals surface area contributed by atoms with Crippen molar-refractivity contribution in [3.63, 3.8) is 0 Å². The molecule has 1 aliphatic rings. The monoisotopic (exact) mass is 290 g/mol. The van der Waals surface area contributed by atoms with Crippen molar-refractivity contribution in [3.05, 3.63) is 17.8 Å². The number of rotatable bonds is 6. The first-order valence-electron chi connectivity index (χ1n) is 8.13. The number of hydrogen-bond acceptors (Lipinski definition) is 4. The fraction of sp³-hybridized carbons (Fsp3) is 0.688. The highest BCUT2D eigenvalue weighted by Gasteiger charge is 2.24. The molecular formula is C16H26N4O. The van der Waals surface area contributed by atoms with E-state index in [1.54, 1.807) is 12.1 Å². The summed E-state index contributed by atoms with van der Waals surface area (Å²) < 4.78 is 0. The molecule has 0 radical (unpaired) electrons. The van der Waals surface area contributed by atoms with Crippen LogP contribution in [0.4, 0.5) is 5.82 Å². The van der Waals surface area contributed by atoms with Gasteiger partial charge in [-0.25, -0.2) is 0 Å². The van der Waals surface area contributed by atoms with Gasteiger partial charge in [-0.1, -0.05) is 26.2 Å². The second-order valence-electron chi connectivity index (χ2n) is 5.72. The fourth-order valence-corrected chi connectivity index (χ4v) is 3.06. The van der Waals surface area contributed by atoms with Crippen LogP contribution in [0.5, 0.6) is 0 Å². The highest BCUT2D eigenvalue weighted by molar-refractivity contribution is 5.92. The van der Waals surface area contributed by atoms with Gasteiger partial charge in [-0.3, -0.25) is 4.79 Å². The lowest BCUT2D eigenvalue weighted by atomic mass is 9.83. The number of carbonyl (C=O) groups excluding carboxylic acids is 1. The zero-order chi connectivity index (χ0) is 15.1. The molecule has 116 valence electrons. The molecule has 5 heteroatoms. The largest absolute Gasteiger partial charge is 0.369 e. The van der Waals surface area contributed by atoms with E-state index in [1.807, 2.05) is 6.92 Å². The third kappa shape index (κ3) is 4.41. The van der Waals surface area contributed by atoms with Gasteiger partial charge in [0.15, 0.2) is 5.69 Å². The lowest BCUT2D eigenvalue weighted by molar-refractivity contribution is 0.0905. The molecule has 0 bridgehead atoms. The molecule has 2 N–H and O–H groups in total. The van der Waals surface area contributed by atoms with Gasteiger partial charge in [-0.15, -0.1) is 10.2 Å². The Morgan fingerprint density at radius 1 is 1.24 bits per heavy atom. The molecule has 5 nitrogen and oxygen atoms in total. The van der Waals surface area contributed by atoms with E-state index in [-0.39, 0.29) is 11.9 Å². The summed E-state index contributed by atoms with van der Waals surface area (Å²) >= 11 is 0. The summed E-state index contributed by atoms with van der Waals surface area (Å²) in [6, 6.07) is 3.79. The van der Waals surface area contributed by atoms with Crippen molar-refractivity contribution in [3.8, 4) is 0 Å². The Morgan fingerprint density at radius 2 is 2.00 bits per heavy atom. The minimum absolute atomic E-state index is 0.108. The number of nitrogens with zero attached hydrogens (tertiary/aromatic N) is 2. The predicted molar refractivity (Wildman–Crippen MR) is 84.3 cm³/mol. The minimum Gasteiger partial charge on any atom is -0.369 e. The van der Waals surface area contributed by atoms with Gasteiger partial charge in [-0.05, 0) is 44.2 Å². The average molecular weight is 290 g/mol. The Kier molecular flexibility index (Phi) is 5.96. The molecule has 0 saturated heterocycles. The zero-order valence-corrected chi connectivity index (χ0v) is 13.1. The van der Waals surface area contributed by atoms with E-state index in [0.29, 0.717) is 17.4 Å². The molecule has 1 aromatic heterocycles. The molecule has 1 fully saturated rings. The summed E-state index contributed by atoms with van der Waals surface area (Å²) in [7, 11) is 0. The molecule has 0 aliphatic heterocycles. The molecule has 1 heterocycles. The predicted octanol–water partition coefficient (Wildman–Crippen LogP) is 3.00. The van der Waals surface area contributed by atoms with Crippen LogP contribution in [0.15, 0.2) is 12.1 Å². The summed E-state index contributed by atoms with van der Waals surface area (Å²) in [5.74, 6) is 1.21. The highest BCUT2D eigenvalue weighted by Crippen LogP contribution is 2.27. The number of anilines is 1. The van der Waals surface area contributed by atoms with Crippen LogP contribution in [-0.2, 0) is 0 Å². The first kappa shape index (κ1) is 15.7. The second-order valence-corrected chi connectivity index (χ2v) is 5.72. The quantitative estimate of drug-likeness (QED) is 0.845. The van der Waals surface area contributed by atoms with Crippen molar-refractivity contribution in [1.29, 1.82) is 0 Å². The van der Waals surface area contributed by atoms with Crippen molar-refractivity contribution >= 4 is 11.7 Å². The third-order valence-electron chi connectivity index (χ3n) is 4.23. The molecule has 1 aliphatic carbocycles. The van der Waals surface area contributed by atoms with Gasteiger partial charge in [0, 0.05) is 12.6 Å². The zero-order valence-electron chi connectivity index (χ0n) is 13.1. The van der Waals surface area contributed by atoms with E-state index in [9.17, 15) is 4.79 Å². The highest BCUT2D eigenvalue weighted by atomic mass is 16.2. The number of amides is 1.